The van der Waals surface area contributed by atoms with Crippen molar-refractivity contribution >= 4 is 11.8 Å². The highest BCUT2D eigenvalue weighted by Gasteiger charge is 2.46. The van der Waals surface area contributed by atoms with Crippen molar-refractivity contribution in [3.05, 3.63) is 29.6 Å². The average molecular weight is 331 g/mol. The van der Waals surface area contributed by atoms with Crippen LogP contribution in [0.1, 0.15) is 30.5 Å². The summed E-state index contributed by atoms with van der Waals surface area (Å²) >= 11 is 0. The summed E-state index contributed by atoms with van der Waals surface area (Å²) in [6.45, 7) is 3.99. The first-order valence-electron chi connectivity index (χ1n) is 8.59. The second-order valence-electron chi connectivity index (χ2n) is 6.83. The molecule has 0 radical (unpaired) electrons. The molecule has 1 unspecified atom stereocenters. The third-order valence-electron chi connectivity index (χ3n) is 4.93. The minimum absolute atomic E-state index is 0.00880. The van der Waals surface area contributed by atoms with Crippen LogP contribution in [-0.4, -0.2) is 65.5 Å². The topological polar surface area (TPSA) is 62.7 Å². The predicted octanol–water partition coefficient (Wildman–Crippen LogP) is 1.17. The van der Waals surface area contributed by atoms with Crippen molar-refractivity contribution in [3.8, 4) is 0 Å². The van der Waals surface area contributed by atoms with Gasteiger partial charge in [-0.25, -0.2) is 0 Å². The lowest BCUT2D eigenvalue weighted by atomic mass is 9.94. The Morgan fingerprint density at radius 1 is 1.33 bits per heavy atom. The Balaban J connectivity index is 1.71. The molecule has 1 atom stereocenters. The monoisotopic (exact) mass is 331 g/mol. The lowest BCUT2D eigenvalue weighted by Crippen LogP contribution is -2.60. The van der Waals surface area contributed by atoms with E-state index in [1.54, 1.807) is 16.0 Å². The van der Waals surface area contributed by atoms with Gasteiger partial charge in [0.05, 0.1) is 19.6 Å². The van der Waals surface area contributed by atoms with E-state index in [0.717, 1.165) is 30.6 Å². The molecule has 24 heavy (non-hydrogen) atoms. The van der Waals surface area contributed by atoms with Crippen molar-refractivity contribution in [3.63, 3.8) is 0 Å². The highest BCUT2D eigenvalue weighted by atomic mass is 16.5. The summed E-state index contributed by atoms with van der Waals surface area (Å²) in [7, 11) is 1.82. The van der Waals surface area contributed by atoms with Gasteiger partial charge in [0.2, 0.25) is 5.91 Å². The Labute approximate surface area is 142 Å². The Morgan fingerprint density at radius 2 is 2.17 bits per heavy atom. The molecule has 1 aromatic rings. The number of amides is 2. The van der Waals surface area contributed by atoms with Crippen LogP contribution in [-0.2, 0) is 20.7 Å². The van der Waals surface area contributed by atoms with Gasteiger partial charge >= 0.3 is 0 Å². The van der Waals surface area contributed by atoms with Gasteiger partial charge in [-0.05, 0) is 37.8 Å². The van der Waals surface area contributed by atoms with E-state index in [0.29, 0.717) is 32.5 Å². The quantitative estimate of drug-likeness (QED) is 0.816. The van der Waals surface area contributed by atoms with Crippen molar-refractivity contribution in [1.29, 1.82) is 0 Å². The standard InChI is InChI=1S/C18H25N3O3/c1-14-5-6-15(12-19-14)11-16(22)21-9-10-24-18(13-21)7-3-4-8-20(2)17(18)23/h5-6,12H,3-4,7-11,13H2,1-2H3. The third kappa shape index (κ3) is 3.43. The minimum Gasteiger partial charge on any atom is -0.361 e. The van der Waals surface area contributed by atoms with Crippen LogP contribution >= 0.6 is 0 Å². The van der Waals surface area contributed by atoms with Crippen molar-refractivity contribution in [2.24, 2.45) is 0 Å². The molecule has 6 heteroatoms. The van der Waals surface area contributed by atoms with E-state index in [2.05, 4.69) is 4.98 Å². The molecule has 2 amide bonds. The number of morpholine rings is 1. The molecule has 0 bridgehead atoms. The Kier molecular flexibility index (Phi) is 4.85. The largest absolute Gasteiger partial charge is 0.361 e. The highest BCUT2D eigenvalue weighted by Crippen LogP contribution is 2.29. The number of carbonyl (C=O) groups excluding carboxylic acids is 2. The summed E-state index contributed by atoms with van der Waals surface area (Å²) in [5.74, 6) is 0.0394. The summed E-state index contributed by atoms with van der Waals surface area (Å²) in [4.78, 5) is 33.2. The number of likely N-dealkylation sites (tertiary alicyclic amines) is 1. The molecule has 3 rings (SSSR count). The highest BCUT2D eigenvalue weighted by molar-refractivity contribution is 5.87. The molecule has 2 saturated heterocycles. The third-order valence-corrected chi connectivity index (χ3v) is 4.93. The second-order valence-corrected chi connectivity index (χ2v) is 6.83. The summed E-state index contributed by atoms with van der Waals surface area (Å²) < 4.78 is 5.92. The smallest absolute Gasteiger partial charge is 0.256 e. The predicted molar refractivity (Wildman–Crippen MR) is 89.4 cm³/mol. The van der Waals surface area contributed by atoms with Gasteiger partial charge in [-0.2, -0.15) is 0 Å². The van der Waals surface area contributed by atoms with Gasteiger partial charge < -0.3 is 14.5 Å². The Bertz CT molecular complexity index is 616. The fourth-order valence-electron chi connectivity index (χ4n) is 3.48. The molecule has 1 spiro atoms. The number of pyridine rings is 1. The molecule has 2 aliphatic heterocycles. The van der Waals surface area contributed by atoms with Crippen LogP contribution in [0.3, 0.4) is 0 Å². The Hall–Kier alpha value is -1.95. The van der Waals surface area contributed by atoms with Gasteiger partial charge in [0.15, 0.2) is 5.60 Å². The van der Waals surface area contributed by atoms with Crippen LogP contribution in [0.5, 0.6) is 0 Å². The fraction of sp³-hybridized carbons (Fsp3) is 0.611. The molecular formula is C18H25N3O3. The van der Waals surface area contributed by atoms with Crippen LogP contribution < -0.4 is 0 Å². The SMILES string of the molecule is Cc1ccc(CC(=O)N2CCOC3(CCCCN(C)C3=O)C2)cn1. The summed E-state index contributed by atoms with van der Waals surface area (Å²) in [6.07, 6.45) is 4.67. The van der Waals surface area contributed by atoms with Gasteiger partial charge in [0.1, 0.15) is 0 Å². The summed E-state index contributed by atoms with van der Waals surface area (Å²) in [5.41, 5.74) is 0.976. The number of hydrogen-bond acceptors (Lipinski definition) is 4. The van der Waals surface area contributed by atoms with E-state index in [1.807, 2.05) is 26.1 Å². The molecule has 130 valence electrons. The van der Waals surface area contributed by atoms with E-state index >= 15 is 0 Å². The zero-order chi connectivity index (χ0) is 17.2. The molecule has 1 aromatic heterocycles. The first-order valence-corrected chi connectivity index (χ1v) is 8.59. The summed E-state index contributed by atoms with van der Waals surface area (Å²) in [6, 6.07) is 3.84. The van der Waals surface area contributed by atoms with Gasteiger partial charge in [0.25, 0.3) is 5.91 Å². The van der Waals surface area contributed by atoms with E-state index < -0.39 is 5.60 Å². The van der Waals surface area contributed by atoms with E-state index in [1.165, 1.54) is 0 Å². The maximum Gasteiger partial charge on any atom is 0.256 e. The van der Waals surface area contributed by atoms with Crippen molar-refractivity contribution in [1.82, 2.24) is 14.8 Å². The normalized spacial score (nSPS) is 25.0. The van der Waals surface area contributed by atoms with Crippen LogP contribution in [0.4, 0.5) is 0 Å². The Morgan fingerprint density at radius 3 is 2.92 bits per heavy atom. The molecule has 0 N–H and O–H groups in total. The number of aromatic nitrogens is 1. The fourth-order valence-corrected chi connectivity index (χ4v) is 3.48. The minimum atomic E-state index is -0.856. The molecule has 0 aliphatic carbocycles. The number of carbonyl (C=O) groups is 2. The average Bonchev–Trinajstić information content (AvgIpc) is 2.71. The number of likely N-dealkylation sites (N-methyl/N-ethyl adjacent to an activating group) is 1. The summed E-state index contributed by atoms with van der Waals surface area (Å²) in [5, 5.41) is 0. The van der Waals surface area contributed by atoms with E-state index in [9.17, 15) is 9.59 Å². The molecule has 3 heterocycles. The number of ether oxygens (including phenoxy) is 1. The van der Waals surface area contributed by atoms with E-state index in [-0.39, 0.29) is 11.8 Å². The maximum atomic E-state index is 12.7. The number of aryl methyl sites for hydroxylation is 1. The first-order chi connectivity index (χ1) is 11.5. The lowest BCUT2D eigenvalue weighted by Gasteiger charge is -2.42. The van der Waals surface area contributed by atoms with Crippen molar-refractivity contribution in [2.45, 2.75) is 38.2 Å². The van der Waals surface area contributed by atoms with Gasteiger partial charge in [0, 0.05) is 32.0 Å². The van der Waals surface area contributed by atoms with Crippen LogP contribution in [0.2, 0.25) is 0 Å². The zero-order valence-corrected chi connectivity index (χ0v) is 14.5. The van der Waals surface area contributed by atoms with Gasteiger partial charge in [-0.3, -0.25) is 14.6 Å². The van der Waals surface area contributed by atoms with Crippen molar-refractivity contribution in [2.75, 3.05) is 33.3 Å². The first kappa shape index (κ1) is 16.9. The van der Waals surface area contributed by atoms with Crippen LogP contribution in [0.25, 0.3) is 0 Å². The molecule has 0 saturated carbocycles. The van der Waals surface area contributed by atoms with E-state index in [4.69, 9.17) is 4.74 Å². The molecule has 6 nitrogen and oxygen atoms in total. The van der Waals surface area contributed by atoms with Gasteiger partial charge in [-0.15, -0.1) is 0 Å². The molecule has 2 fully saturated rings. The second kappa shape index (κ2) is 6.89. The molecule has 2 aliphatic rings. The molecule has 0 aromatic carbocycles. The van der Waals surface area contributed by atoms with Crippen molar-refractivity contribution < 1.29 is 14.3 Å². The number of hydrogen-bond donors (Lipinski definition) is 0. The molecular weight excluding hydrogens is 306 g/mol. The number of rotatable bonds is 2. The van der Waals surface area contributed by atoms with Crippen LogP contribution in [0, 0.1) is 6.92 Å². The number of nitrogens with zero attached hydrogens (tertiary/aromatic N) is 3. The zero-order valence-electron chi connectivity index (χ0n) is 14.5. The van der Waals surface area contributed by atoms with Crippen LogP contribution in [0.15, 0.2) is 18.3 Å². The van der Waals surface area contributed by atoms with Gasteiger partial charge in [-0.1, -0.05) is 6.07 Å². The lowest BCUT2D eigenvalue weighted by molar-refractivity contribution is -0.173. The maximum absolute atomic E-state index is 12.7.